The van der Waals surface area contributed by atoms with Crippen LogP contribution in [-0.2, 0) is 5.92 Å². The molecule has 1 aliphatic heterocycles. The van der Waals surface area contributed by atoms with Gasteiger partial charge in [0.1, 0.15) is 11.9 Å². The third kappa shape index (κ3) is 3.46. The van der Waals surface area contributed by atoms with Crippen molar-refractivity contribution < 1.29 is 8.78 Å². The highest BCUT2D eigenvalue weighted by atomic mass is 19.3. The number of rotatable bonds is 3. The molecule has 0 saturated carbocycles. The van der Waals surface area contributed by atoms with Gasteiger partial charge in [-0.1, -0.05) is 18.2 Å². The van der Waals surface area contributed by atoms with Crippen molar-refractivity contribution in [3.63, 3.8) is 0 Å². The average molecular weight is 324 g/mol. The minimum atomic E-state index is -2.89. The van der Waals surface area contributed by atoms with Crippen molar-refractivity contribution in [2.24, 2.45) is 4.99 Å². The Hall–Kier alpha value is -3.07. The van der Waals surface area contributed by atoms with Crippen molar-refractivity contribution in [3.05, 3.63) is 65.5 Å². The van der Waals surface area contributed by atoms with Gasteiger partial charge in [-0.15, -0.1) is 0 Å². The van der Waals surface area contributed by atoms with Crippen molar-refractivity contribution in [1.82, 2.24) is 4.98 Å². The van der Waals surface area contributed by atoms with E-state index >= 15 is 0 Å². The predicted octanol–water partition coefficient (Wildman–Crippen LogP) is 4.32. The minimum absolute atomic E-state index is 0.0507. The first kappa shape index (κ1) is 15.8. The molecule has 1 aromatic carbocycles. The smallest absolute Gasteiger partial charge is 0.270 e. The van der Waals surface area contributed by atoms with Gasteiger partial charge in [0.15, 0.2) is 0 Å². The second-order valence-electron chi connectivity index (χ2n) is 5.52. The topological polar surface area (TPSA) is 61.1 Å². The molecule has 1 N–H and O–H groups in total. The number of hydrogen-bond acceptors (Lipinski definition) is 4. The lowest BCUT2D eigenvalue weighted by Crippen LogP contribution is -2.11. The van der Waals surface area contributed by atoms with Crippen LogP contribution in [0.2, 0.25) is 0 Å². The van der Waals surface area contributed by atoms with Crippen LogP contribution in [0.4, 0.5) is 14.5 Å². The zero-order valence-corrected chi connectivity index (χ0v) is 12.9. The van der Waals surface area contributed by atoms with Crippen molar-refractivity contribution in [3.8, 4) is 6.07 Å². The Kier molecular flexibility index (Phi) is 4.09. The molecule has 0 unspecified atom stereocenters. The Labute approximate surface area is 138 Å². The van der Waals surface area contributed by atoms with Gasteiger partial charge in [0.25, 0.3) is 5.92 Å². The maximum Gasteiger partial charge on any atom is 0.270 e. The van der Waals surface area contributed by atoms with E-state index in [2.05, 4.69) is 15.3 Å². The highest BCUT2D eigenvalue weighted by molar-refractivity contribution is 6.03. The standard InChI is InChI=1S/C18H14F2N4/c1-18(19,20)14-3-2-4-15(8-14)23-17-6-5-16(24-17)13-7-12(9-21)10-22-11-13/h2-5,7-8,10-11H,6H2,1H3,(H,23,24). The summed E-state index contributed by atoms with van der Waals surface area (Å²) in [5, 5.41) is 12.0. The van der Waals surface area contributed by atoms with Crippen molar-refractivity contribution in [1.29, 1.82) is 5.26 Å². The van der Waals surface area contributed by atoms with Gasteiger partial charge in [-0.2, -0.15) is 5.26 Å². The lowest BCUT2D eigenvalue weighted by molar-refractivity contribution is 0.0175. The number of amidine groups is 1. The number of nitrogens with one attached hydrogen (secondary N) is 1. The molecule has 0 saturated heterocycles. The van der Waals surface area contributed by atoms with Crippen LogP contribution < -0.4 is 5.32 Å². The van der Waals surface area contributed by atoms with E-state index < -0.39 is 5.92 Å². The van der Waals surface area contributed by atoms with Crippen molar-refractivity contribution in [2.45, 2.75) is 19.3 Å². The summed E-state index contributed by atoms with van der Waals surface area (Å²) >= 11 is 0. The molecular formula is C18H14F2N4. The number of nitriles is 1. The van der Waals surface area contributed by atoms with Gasteiger partial charge in [-0.25, -0.2) is 13.8 Å². The summed E-state index contributed by atoms with van der Waals surface area (Å²) in [7, 11) is 0. The summed E-state index contributed by atoms with van der Waals surface area (Å²) in [5.41, 5.74) is 2.43. The molecule has 0 bridgehead atoms. The van der Waals surface area contributed by atoms with Crippen molar-refractivity contribution in [2.75, 3.05) is 5.32 Å². The third-order valence-electron chi connectivity index (χ3n) is 3.57. The fourth-order valence-corrected chi connectivity index (χ4v) is 2.37. The number of nitrogens with zero attached hydrogens (tertiary/aromatic N) is 3. The normalized spacial score (nSPS) is 13.9. The summed E-state index contributed by atoms with van der Waals surface area (Å²) in [6.45, 7) is 0.869. The van der Waals surface area contributed by atoms with Crippen molar-refractivity contribution >= 4 is 17.2 Å². The van der Waals surface area contributed by atoms with Gasteiger partial charge in [0, 0.05) is 42.6 Å². The molecule has 0 spiro atoms. The second-order valence-corrected chi connectivity index (χ2v) is 5.52. The third-order valence-corrected chi connectivity index (χ3v) is 3.57. The quantitative estimate of drug-likeness (QED) is 0.914. The minimum Gasteiger partial charge on any atom is -0.343 e. The van der Waals surface area contributed by atoms with Crippen LogP contribution in [-0.4, -0.2) is 10.8 Å². The van der Waals surface area contributed by atoms with Crippen LogP contribution in [0.25, 0.3) is 5.70 Å². The molecule has 1 aromatic heterocycles. The fraction of sp³-hybridized carbons (Fsp3) is 0.167. The molecule has 0 atom stereocenters. The highest BCUT2D eigenvalue weighted by Crippen LogP contribution is 2.29. The lowest BCUT2D eigenvalue weighted by Gasteiger charge is -2.13. The number of halogens is 2. The molecule has 4 nitrogen and oxygen atoms in total. The molecule has 1 aliphatic rings. The van der Waals surface area contributed by atoms with Gasteiger partial charge < -0.3 is 5.32 Å². The molecular weight excluding hydrogens is 310 g/mol. The largest absolute Gasteiger partial charge is 0.343 e. The highest BCUT2D eigenvalue weighted by Gasteiger charge is 2.24. The average Bonchev–Trinajstić information content (AvgIpc) is 3.03. The van der Waals surface area contributed by atoms with E-state index in [9.17, 15) is 8.78 Å². The monoisotopic (exact) mass is 324 g/mol. The van der Waals surface area contributed by atoms with E-state index in [0.717, 1.165) is 12.5 Å². The molecule has 0 amide bonds. The van der Waals surface area contributed by atoms with Crippen LogP contribution >= 0.6 is 0 Å². The maximum atomic E-state index is 13.4. The summed E-state index contributed by atoms with van der Waals surface area (Å²) in [5.74, 6) is -2.23. The molecule has 6 heteroatoms. The Morgan fingerprint density at radius 2 is 2.08 bits per heavy atom. The van der Waals surface area contributed by atoms with Crippen LogP contribution in [0.3, 0.4) is 0 Å². The van der Waals surface area contributed by atoms with Crippen LogP contribution in [0.15, 0.2) is 53.8 Å². The number of alkyl halides is 2. The van der Waals surface area contributed by atoms with E-state index in [1.54, 1.807) is 24.4 Å². The summed E-state index contributed by atoms with van der Waals surface area (Å²) in [4.78, 5) is 8.46. The van der Waals surface area contributed by atoms with E-state index in [0.29, 0.717) is 29.2 Å². The summed E-state index contributed by atoms with van der Waals surface area (Å²) < 4.78 is 26.8. The number of aliphatic imine (C=N–C) groups is 1. The number of pyridine rings is 1. The predicted molar refractivity (Wildman–Crippen MR) is 88.6 cm³/mol. The zero-order chi connectivity index (χ0) is 17.2. The summed E-state index contributed by atoms with van der Waals surface area (Å²) in [6.07, 6.45) is 5.58. The van der Waals surface area contributed by atoms with Crippen LogP contribution in [0.1, 0.15) is 30.0 Å². The first-order valence-corrected chi connectivity index (χ1v) is 7.34. The molecule has 2 heterocycles. The molecule has 2 aromatic rings. The summed E-state index contributed by atoms with van der Waals surface area (Å²) in [6, 6.07) is 9.86. The number of aromatic nitrogens is 1. The second kappa shape index (κ2) is 6.20. The Morgan fingerprint density at radius 1 is 1.25 bits per heavy atom. The van der Waals surface area contributed by atoms with E-state index in [-0.39, 0.29) is 5.56 Å². The Balaban J connectivity index is 1.78. The molecule has 0 radical (unpaired) electrons. The molecule has 3 rings (SSSR count). The number of anilines is 1. The van der Waals surface area contributed by atoms with Crippen LogP contribution in [0, 0.1) is 11.3 Å². The SMILES string of the molecule is CC(F)(F)c1cccc(NC2=NC(c3cncc(C#N)c3)=CC2)c1. The van der Waals surface area contributed by atoms with E-state index in [1.807, 2.05) is 12.1 Å². The maximum absolute atomic E-state index is 13.4. The van der Waals surface area contributed by atoms with Gasteiger partial charge in [0.05, 0.1) is 11.3 Å². The first-order chi connectivity index (χ1) is 11.5. The Bertz CT molecular complexity index is 873. The van der Waals surface area contributed by atoms with Gasteiger partial charge in [0.2, 0.25) is 0 Å². The molecule has 120 valence electrons. The Morgan fingerprint density at radius 3 is 2.83 bits per heavy atom. The van der Waals surface area contributed by atoms with E-state index in [4.69, 9.17) is 5.26 Å². The van der Waals surface area contributed by atoms with Gasteiger partial charge in [-0.05, 0) is 18.2 Å². The molecule has 24 heavy (non-hydrogen) atoms. The molecule has 0 fully saturated rings. The zero-order valence-electron chi connectivity index (χ0n) is 12.9. The van der Waals surface area contributed by atoms with E-state index in [1.165, 1.54) is 18.3 Å². The molecule has 0 aliphatic carbocycles. The number of benzene rings is 1. The van der Waals surface area contributed by atoms with Gasteiger partial charge in [-0.3, -0.25) is 4.98 Å². The lowest BCUT2D eigenvalue weighted by atomic mass is 10.1. The first-order valence-electron chi connectivity index (χ1n) is 7.34. The fourth-order valence-electron chi connectivity index (χ4n) is 2.37. The number of hydrogen-bond donors (Lipinski definition) is 1. The van der Waals surface area contributed by atoms with Crippen LogP contribution in [0.5, 0.6) is 0 Å². The van der Waals surface area contributed by atoms with Gasteiger partial charge >= 0.3 is 0 Å².